The minimum Gasteiger partial charge on any atom is -0.494 e. The van der Waals surface area contributed by atoms with E-state index < -0.39 is 0 Å². The summed E-state index contributed by atoms with van der Waals surface area (Å²) in [5, 5.41) is 11.7. The van der Waals surface area contributed by atoms with Gasteiger partial charge in [-0.25, -0.2) is 4.99 Å². The van der Waals surface area contributed by atoms with E-state index in [1.807, 2.05) is 32.0 Å². The van der Waals surface area contributed by atoms with E-state index in [1.54, 1.807) is 0 Å². The lowest BCUT2D eigenvalue weighted by molar-refractivity contribution is 0.332. The van der Waals surface area contributed by atoms with Crippen LogP contribution in [0.5, 0.6) is 11.5 Å². The van der Waals surface area contributed by atoms with Gasteiger partial charge in [-0.1, -0.05) is 6.42 Å². The van der Waals surface area contributed by atoms with Crippen molar-refractivity contribution in [3.63, 3.8) is 0 Å². The maximum absolute atomic E-state index is 6.10. The van der Waals surface area contributed by atoms with Gasteiger partial charge < -0.3 is 25.1 Å². The third kappa shape index (κ3) is 4.90. The fourth-order valence-corrected chi connectivity index (χ4v) is 3.14. The molecule has 2 heterocycles. The fraction of sp³-hybridized carbons (Fsp3) is 0.526. The number of fused-ring (bicyclic) bond motifs is 1. The number of hydrogen-bond donors (Lipinski definition) is 2. The van der Waals surface area contributed by atoms with E-state index in [4.69, 9.17) is 15.2 Å². The molecule has 0 spiro atoms. The molecular weight excluding hydrogens is 344 g/mol. The van der Waals surface area contributed by atoms with Gasteiger partial charge in [-0.3, -0.25) is 0 Å². The van der Waals surface area contributed by atoms with E-state index in [-0.39, 0.29) is 0 Å². The first kappa shape index (κ1) is 19.0. The number of nitrogens with one attached hydrogen (secondary N) is 1. The van der Waals surface area contributed by atoms with Crippen LogP contribution in [0.2, 0.25) is 0 Å². The summed E-state index contributed by atoms with van der Waals surface area (Å²) in [6.45, 7) is 6.38. The topological polar surface area (TPSA) is 99.6 Å². The van der Waals surface area contributed by atoms with Crippen LogP contribution in [0.3, 0.4) is 0 Å². The number of benzene rings is 1. The lowest BCUT2D eigenvalue weighted by atomic mass is 10.2. The number of rotatable bonds is 7. The summed E-state index contributed by atoms with van der Waals surface area (Å²) < 4.78 is 13.4. The number of guanidine groups is 1. The molecule has 0 saturated heterocycles. The number of nitrogens with two attached hydrogens (primary N) is 1. The normalized spacial score (nSPS) is 14.4. The average molecular weight is 372 g/mol. The highest BCUT2D eigenvalue weighted by Crippen LogP contribution is 2.29. The number of nitrogens with zero attached hydrogens (tertiary/aromatic N) is 4. The monoisotopic (exact) mass is 372 g/mol. The van der Waals surface area contributed by atoms with Crippen molar-refractivity contribution in [2.24, 2.45) is 10.7 Å². The lowest BCUT2D eigenvalue weighted by Gasteiger charge is -2.14. The van der Waals surface area contributed by atoms with E-state index >= 15 is 0 Å². The Morgan fingerprint density at radius 1 is 1.19 bits per heavy atom. The van der Waals surface area contributed by atoms with E-state index in [2.05, 4.69) is 25.1 Å². The molecule has 0 atom stereocenters. The second-order valence-electron chi connectivity index (χ2n) is 6.35. The van der Waals surface area contributed by atoms with Gasteiger partial charge in [-0.2, -0.15) is 0 Å². The smallest absolute Gasteiger partial charge is 0.193 e. The third-order valence-electron chi connectivity index (χ3n) is 4.40. The van der Waals surface area contributed by atoms with Gasteiger partial charge in [0.05, 0.1) is 18.9 Å². The van der Waals surface area contributed by atoms with Crippen molar-refractivity contribution in [2.75, 3.05) is 18.5 Å². The third-order valence-corrected chi connectivity index (χ3v) is 4.40. The number of aryl methyl sites for hydroxylation is 1. The molecule has 3 N–H and O–H groups in total. The Bertz CT molecular complexity index is 787. The summed E-state index contributed by atoms with van der Waals surface area (Å²) in [6, 6.07) is 5.60. The highest BCUT2D eigenvalue weighted by atomic mass is 16.5. The molecule has 0 aliphatic carbocycles. The zero-order chi connectivity index (χ0) is 19.1. The molecule has 0 bridgehead atoms. The fourth-order valence-electron chi connectivity index (χ4n) is 3.14. The Morgan fingerprint density at radius 3 is 2.85 bits per heavy atom. The Balaban J connectivity index is 1.72. The van der Waals surface area contributed by atoms with Crippen LogP contribution in [0.15, 0.2) is 23.2 Å². The van der Waals surface area contributed by atoms with E-state index in [1.165, 1.54) is 12.8 Å². The predicted molar refractivity (Wildman–Crippen MR) is 105 cm³/mol. The van der Waals surface area contributed by atoms with Crippen LogP contribution in [0.4, 0.5) is 5.69 Å². The summed E-state index contributed by atoms with van der Waals surface area (Å²) in [5.41, 5.74) is 6.83. The van der Waals surface area contributed by atoms with Gasteiger partial charge in [0.1, 0.15) is 23.9 Å². The average Bonchev–Trinajstić information content (AvgIpc) is 2.89. The van der Waals surface area contributed by atoms with Crippen molar-refractivity contribution in [3.8, 4) is 11.5 Å². The first-order chi connectivity index (χ1) is 13.2. The molecule has 27 heavy (non-hydrogen) atoms. The number of hydrogen-bond acceptors (Lipinski definition) is 5. The van der Waals surface area contributed by atoms with Crippen LogP contribution in [0, 0.1) is 0 Å². The van der Waals surface area contributed by atoms with E-state index in [9.17, 15) is 0 Å². The van der Waals surface area contributed by atoms with Gasteiger partial charge >= 0.3 is 0 Å². The Hall–Kier alpha value is -2.77. The molecule has 0 radical (unpaired) electrons. The minimum atomic E-state index is 0.301. The molecule has 8 heteroatoms. The number of anilines is 1. The standard InChI is InChI=1S/C19H28N6O2/c1-3-26-14-9-10-16(27-4-2)15(12-14)22-19(20)21-13-18-24-23-17-8-6-5-7-11-25(17)18/h9-10,12H,3-8,11,13H2,1-2H3,(H3,20,21,22). The van der Waals surface area contributed by atoms with Gasteiger partial charge in [0, 0.05) is 19.0 Å². The molecule has 0 saturated carbocycles. The minimum absolute atomic E-state index is 0.301. The van der Waals surface area contributed by atoms with Crippen molar-refractivity contribution in [1.82, 2.24) is 14.8 Å². The van der Waals surface area contributed by atoms with Gasteiger partial charge in [-0.05, 0) is 38.8 Å². The largest absolute Gasteiger partial charge is 0.494 e. The first-order valence-corrected chi connectivity index (χ1v) is 9.58. The zero-order valence-electron chi connectivity index (χ0n) is 16.1. The van der Waals surface area contributed by atoms with Crippen LogP contribution in [0.25, 0.3) is 0 Å². The van der Waals surface area contributed by atoms with Crippen LogP contribution >= 0.6 is 0 Å². The number of ether oxygens (including phenoxy) is 2. The molecular formula is C19H28N6O2. The summed E-state index contributed by atoms with van der Waals surface area (Å²) in [7, 11) is 0. The van der Waals surface area contributed by atoms with Crippen molar-refractivity contribution in [3.05, 3.63) is 29.8 Å². The van der Waals surface area contributed by atoms with Gasteiger partial charge in [0.15, 0.2) is 11.8 Å². The summed E-state index contributed by atoms with van der Waals surface area (Å²) in [4.78, 5) is 4.44. The number of aliphatic imine (C=N–C) groups is 1. The molecule has 0 amide bonds. The molecule has 1 aromatic heterocycles. The van der Waals surface area contributed by atoms with E-state index in [0.29, 0.717) is 31.5 Å². The Labute approximate surface area is 159 Å². The lowest BCUT2D eigenvalue weighted by Crippen LogP contribution is -2.23. The van der Waals surface area contributed by atoms with E-state index in [0.717, 1.165) is 42.5 Å². The molecule has 8 nitrogen and oxygen atoms in total. The Kier molecular flexibility index (Phi) is 6.51. The molecule has 1 aromatic carbocycles. The van der Waals surface area contributed by atoms with Crippen LogP contribution in [-0.2, 0) is 19.5 Å². The van der Waals surface area contributed by atoms with Crippen molar-refractivity contribution in [2.45, 2.75) is 52.6 Å². The van der Waals surface area contributed by atoms with Gasteiger partial charge in [-0.15, -0.1) is 10.2 Å². The highest BCUT2D eigenvalue weighted by molar-refractivity contribution is 5.93. The molecule has 1 aliphatic heterocycles. The second-order valence-corrected chi connectivity index (χ2v) is 6.35. The van der Waals surface area contributed by atoms with Crippen LogP contribution in [-0.4, -0.2) is 33.9 Å². The maximum atomic E-state index is 6.10. The van der Waals surface area contributed by atoms with Crippen LogP contribution in [0.1, 0.15) is 44.8 Å². The molecule has 2 aromatic rings. The Morgan fingerprint density at radius 2 is 2.04 bits per heavy atom. The van der Waals surface area contributed by atoms with Crippen molar-refractivity contribution in [1.29, 1.82) is 0 Å². The highest BCUT2D eigenvalue weighted by Gasteiger charge is 2.14. The molecule has 0 unspecified atom stereocenters. The zero-order valence-corrected chi connectivity index (χ0v) is 16.1. The van der Waals surface area contributed by atoms with Crippen molar-refractivity contribution < 1.29 is 9.47 Å². The molecule has 146 valence electrons. The molecule has 0 fully saturated rings. The summed E-state index contributed by atoms with van der Waals surface area (Å²) >= 11 is 0. The first-order valence-electron chi connectivity index (χ1n) is 9.58. The molecule has 3 rings (SSSR count). The van der Waals surface area contributed by atoms with Crippen LogP contribution < -0.4 is 20.5 Å². The number of aromatic nitrogens is 3. The second kappa shape index (κ2) is 9.25. The summed E-state index contributed by atoms with van der Waals surface area (Å²) in [6.07, 6.45) is 4.53. The maximum Gasteiger partial charge on any atom is 0.193 e. The SMILES string of the molecule is CCOc1ccc(OCC)c(NC(N)=NCc2nnc3n2CCCCC3)c1. The molecule has 1 aliphatic rings. The van der Waals surface area contributed by atoms with Gasteiger partial charge in [0.2, 0.25) is 0 Å². The predicted octanol–water partition coefficient (Wildman–Crippen LogP) is 2.73. The quantitative estimate of drug-likeness (QED) is 0.573. The summed E-state index contributed by atoms with van der Waals surface area (Å²) in [5.74, 6) is 3.65. The van der Waals surface area contributed by atoms with Gasteiger partial charge in [0.25, 0.3) is 0 Å². The van der Waals surface area contributed by atoms with Crippen molar-refractivity contribution >= 4 is 11.6 Å².